The SMILES string of the molecule is COC1(c2noc(C3CCCCC3=O)n2)CCOCC1. The third-order valence-electron chi connectivity index (χ3n) is 4.39. The molecular formula is C14H20N2O4. The highest BCUT2D eigenvalue weighted by atomic mass is 16.5. The van der Waals surface area contributed by atoms with Gasteiger partial charge in [-0.3, -0.25) is 4.79 Å². The first-order valence-electron chi connectivity index (χ1n) is 7.25. The van der Waals surface area contributed by atoms with Crippen molar-refractivity contribution in [3.8, 4) is 0 Å². The van der Waals surface area contributed by atoms with Gasteiger partial charge in [-0.05, 0) is 12.8 Å². The molecule has 20 heavy (non-hydrogen) atoms. The number of carbonyl (C=O) groups excluding carboxylic acids is 1. The van der Waals surface area contributed by atoms with E-state index >= 15 is 0 Å². The first-order chi connectivity index (χ1) is 9.75. The molecule has 0 bridgehead atoms. The normalized spacial score (nSPS) is 26.6. The summed E-state index contributed by atoms with van der Waals surface area (Å²) in [5.41, 5.74) is -0.530. The number of hydrogen-bond acceptors (Lipinski definition) is 6. The predicted molar refractivity (Wildman–Crippen MR) is 69.3 cm³/mol. The van der Waals surface area contributed by atoms with E-state index < -0.39 is 5.60 Å². The van der Waals surface area contributed by atoms with Gasteiger partial charge in [-0.15, -0.1) is 0 Å². The van der Waals surface area contributed by atoms with Gasteiger partial charge in [0.15, 0.2) is 0 Å². The van der Waals surface area contributed by atoms with Crippen molar-refractivity contribution >= 4 is 5.78 Å². The first-order valence-corrected chi connectivity index (χ1v) is 7.25. The molecule has 1 saturated carbocycles. The molecule has 0 spiro atoms. The molecule has 6 nitrogen and oxygen atoms in total. The Morgan fingerprint density at radius 3 is 2.80 bits per heavy atom. The zero-order valence-electron chi connectivity index (χ0n) is 11.8. The number of ether oxygens (including phenoxy) is 2. The van der Waals surface area contributed by atoms with E-state index in [0.717, 1.165) is 19.3 Å². The highest BCUT2D eigenvalue weighted by Gasteiger charge is 2.40. The van der Waals surface area contributed by atoms with Crippen molar-refractivity contribution in [3.63, 3.8) is 0 Å². The molecule has 1 aromatic heterocycles. The van der Waals surface area contributed by atoms with Crippen LogP contribution in [0.3, 0.4) is 0 Å². The lowest BCUT2D eigenvalue weighted by molar-refractivity contribution is -0.122. The van der Waals surface area contributed by atoms with Gasteiger partial charge in [0.1, 0.15) is 11.4 Å². The summed E-state index contributed by atoms with van der Waals surface area (Å²) >= 11 is 0. The lowest BCUT2D eigenvalue weighted by Gasteiger charge is -2.32. The highest BCUT2D eigenvalue weighted by molar-refractivity contribution is 5.85. The Morgan fingerprint density at radius 1 is 1.30 bits per heavy atom. The third kappa shape index (κ3) is 2.38. The summed E-state index contributed by atoms with van der Waals surface area (Å²) in [5, 5.41) is 4.07. The van der Waals surface area contributed by atoms with Gasteiger partial charge >= 0.3 is 0 Å². The average Bonchev–Trinajstić information content (AvgIpc) is 2.98. The molecule has 3 rings (SSSR count). The van der Waals surface area contributed by atoms with E-state index in [4.69, 9.17) is 14.0 Å². The molecular weight excluding hydrogens is 260 g/mol. The Bertz CT molecular complexity index is 479. The fraction of sp³-hybridized carbons (Fsp3) is 0.786. The quantitative estimate of drug-likeness (QED) is 0.842. The number of rotatable bonds is 3. The van der Waals surface area contributed by atoms with Crippen LogP contribution in [0.1, 0.15) is 56.2 Å². The van der Waals surface area contributed by atoms with Crippen LogP contribution in [0.25, 0.3) is 0 Å². The molecule has 1 aliphatic heterocycles. The molecule has 1 saturated heterocycles. The van der Waals surface area contributed by atoms with E-state index in [1.54, 1.807) is 7.11 Å². The van der Waals surface area contributed by atoms with E-state index in [2.05, 4.69) is 10.1 Å². The van der Waals surface area contributed by atoms with Crippen LogP contribution >= 0.6 is 0 Å². The number of ketones is 1. The molecule has 0 radical (unpaired) electrons. The summed E-state index contributed by atoms with van der Waals surface area (Å²) in [7, 11) is 1.66. The lowest BCUT2D eigenvalue weighted by atomic mass is 9.88. The van der Waals surface area contributed by atoms with Crippen molar-refractivity contribution in [2.24, 2.45) is 0 Å². The number of aromatic nitrogens is 2. The minimum atomic E-state index is -0.530. The van der Waals surface area contributed by atoms with Gasteiger partial charge in [-0.25, -0.2) is 0 Å². The molecule has 0 aromatic carbocycles. The van der Waals surface area contributed by atoms with E-state index in [1.165, 1.54) is 0 Å². The first kappa shape index (κ1) is 13.7. The number of hydrogen-bond donors (Lipinski definition) is 0. The van der Waals surface area contributed by atoms with Gasteiger partial charge in [0.2, 0.25) is 11.7 Å². The largest absolute Gasteiger partial charge is 0.381 e. The van der Waals surface area contributed by atoms with E-state index in [0.29, 0.717) is 44.2 Å². The summed E-state index contributed by atoms with van der Waals surface area (Å²) in [5.74, 6) is 0.993. The number of carbonyl (C=O) groups is 1. The highest BCUT2D eigenvalue weighted by Crippen LogP contribution is 2.35. The van der Waals surface area contributed by atoms with Gasteiger partial charge in [0, 0.05) is 39.6 Å². The zero-order valence-corrected chi connectivity index (χ0v) is 11.8. The smallest absolute Gasteiger partial charge is 0.237 e. The third-order valence-corrected chi connectivity index (χ3v) is 4.39. The Morgan fingerprint density at radius 2 is 2.10 bits per heavy atom. The Kier molecular flexibility index (Phi) is 3.85. The van der Waals surface area contributed by atoms with E-state index in [1.807, 2.05) is 0 Å². The maximum atomic E-state index is 12.0. The van der Waals surface area contributed by atoms with Crippen molar-refractivity contribution in [2.45, 2.75) is 50.0 Å². The minimum absolute atomic E-state index is 0.213. The summed E-state index contributed by atoms with van der Waals surface area (Å²) in [6.45, 7) is 1.25. The Labute approximate surface area is 117 Å². The van der Waals surface area contributed by atoms with Crippen LogP contribution in [0.4, 0.5) is 0 Å². The second-order valence-corrected chi connectivity index (χ2v) is 5.53. The summed E-state index contributed by atoms with van der Waals surface area (Å²) < 4.78 is 16.4. The van der Waals surface area contributed by atoms with Gasteiger partial charge in [0.25, 0.3) is 0 Å². The molecule has 2 heterocycles. The van der Waals surface area contributed by atoms with Crippen molar-refractivity contribution in [3.05, 3.63) is 11.7 Å². The molecule has 0 amide bonds. The summed E-state index contributed by atoms with van der Waals surface area (Å²) in [6.07, 6.45) is 4.85. The van der Waals surface area contributed by atoms with Crippen molar-refractivity contribution in [1.29, 1.82) is 0 Å². The summed E-state index contributed by atoms with van der Waals surface area (Å²) in [4.78, 5) is 16.4. The standard InChI is InChI=1S/C14H20N2O4/c1-18-14(6-8-19-9-7-14)13-15-12(20-16-13)10-4-2-3-5-11(10)17/h10H,2-9H2,1H3. The monoisotopic (exact) mass is 280 g/mol. The van der Waals surface area contributed by atoms with Crippen LogP contribution in [0.15, 0.2) is 4.52 Å². The van der Waals surface area contributed by atoms with Crippen LogP contribution in [0, 0.1) is 0 Å². The molecule has 2 fully saturated rings. The van der Waals surface area contributed by atoms with Crippen molar-refractivity contribution in [1.82, 2.24) is 10.1 Å². The Balaban J connectivity index is 1.83. The molecule has 2 aliphatic rings. The second kappa shape index (κ2) is 5.61. The van der Waals surface area contributed by atoms with E-state index in [9.17, 15) is 4.79 Å². The number of nitrogens with zero attached hydrogens (tertiary/aromatic N) is 2. The molecule has 0 N–H and O–H groups in total. The van der Waals surface area contributed by atoms with Crippen LogP contribution < -0.4 is 0 Å². The molecule has 1 aromatic rings. The molecule has 110 valence electrons. The minimum Gasteiger partial charge on any atom is -0.381 e. The van der Waals surface area contributed by atoms with Gasteiger partial charge in [-0.1, -0.05) is 11.6 Å². The van der Waals surface area contributed by atoms with Crippen molar-refractivity contribution < 1.29 is 18.8 Å². The lowest BCUT2D eigenvalue weighted by Crippen LogP contribution is -2.36. The van der Waals surface area contributed by atoms with Crippen molar-refractivity contribution in [2.75, 3.05) is 20.3 Å². The van der Waals surface area contributed by atoms with E-state index in [-0.39, 0.29) is 11.7 Å². The van der Waals surface area contributed by atoms with Gasteiger partial charge < -0.3 is 14.0 Å². The number of methoxy groups -OCH3 is 1. The second-order valence-electron chi connectivity index (χ2n) is 5.53. The average molecular weight is 280 g/mol. The van der Waals surface area contributed by atoms with Crippen LogP contribution in [0.5, 0.6) is 0 Å². The molecule has 1 atom stereocenters. The van der Waals surface area contributed by atoms with Gasteiger partial charge in [-0.2, -0.15) is 4.98 Å². The summed E-state index contributed by atoms with van der Waals surface area (Å²) in [6, 6.07) is 0. The molecule has 6 heteroatoms. The van der Waals surface area contributed by atoms with Crippen LogP contribution in [0.2, 0.25) is 0 Å². The van der Waals surface area contributed by atoms with Gasteiger partial charge in [0.05, 0.1) is 5.92 Å². The van der Waals surface area contributed by atoms with Crippen LogP contribution in [-0.4, -0.2) is 36.2 Å². The Hall–Kier alpha value is -1.27. The maximum Gasteiger partial charge on any atom is 0.237 e. The fourth-order valence-corrected chi connectivity index (χ4v) is 3.03. The maximum absolute atomic E-state index is 12.0. The topological polar surface area (TPSA) is 74.5 Å². The molecule has 1 aliphatic carbocycles. The molecule has 1 unspecified atom stereocenters. The zero-order chi connectivity index (χ0) is 14.0. The van der Waals surface area contributed by atoms with Crippen LogP contribution in [-0.2, 0) is 19.9 Å². The number of Topliss-reactive ketones (excluding diaryl/α,β-unsaturated/α-hetero) is 1. The predicted octanol–water partition coefficient (Wildman–Crippen LogP) is 1.95. The fourth-order valence-electron chi connectivity index (χ4n) is 3.03.